The third kappa shape index (κ3) is 5.22. The van der Waals surface area contributed by atoms with E-state index in [1.54, 1.807) is 18.2 Å². The zero-order valence-electron chi connectivity index (χ0n) is 21.1. The largest absolute Gasteiger partial charge is 0.369 e. The van der Waals surface area contributed by atoms with Gasteiger partial charge in [0.2, 0.25) is 15.9 Å². The van der Waals surface area contributed by atoms with Gasteiger partial charge in [0.1, 0.15) is 5.92 Å². The average molecular weight is 530 g/mol. The van der Waals surface area contributed by atoms with Crippen LogP contribution < -0.4 is 20.3 Å². The summed E-state index contributed by atoms with van der Waals surface area (Å²) in [5, 5.41) is 6.30. The second kappa shape index (κ2) is 10.3. The first-order chi connectivity index (χ1) is 18.5. The van der Waals surface area contributed by atoms with Crippen LogP contribution in [0.4, 0.5) is 17.1 Å². The fourth-order valence-electron chi connectivity index (χ4n) is 5.02. The number of hydrogen-bond acceptors (Lipinski definition) is 6. The summed E-state index contributed by atoms with van der Waals surface area (Å²) in [7, 11) is -3.68. The molecule has 1 aliphatic carbocycles. The first-order valence-electron chi connectivity index (χ1n) is 13.1. The first kappa shape index (κ1) is 24.8. The molecular weight excluding hydrogens is 498 g/mol. The van der Waals surface area contributed by atoms with Crippen LogP contribution in [-0.4, -0.2) is 52.8 Å². The van der Waals surface area contributed by atoms with Gasteiger partial charge in [-0.3, -0.25) is 9.79 Å². The van der Waals surface area contributed by atoms with Crippen molar-refractivity contribution in [2.24, 2.45) is 10.9 Å². The van der Waals surface area contributed by atoms with E-state index in [1.807, 2.05) is 42.5 Å². The third-order valence-electron chi connectivity index (χ3n) is 7.35. The lowest BCUT2D eigenvalue weighted by Gasteiger charge is -2.29. The maximum Gasteiger partial charge on any atom is 0.240 e. The molecule has 0 bridgehead atoms. The van der Waals surface area contributed by atoms with Gasteiger partial charge in [0.15, 0.2) is 0 Å². The molecule has 196 valence electrons. The standard InChI is InChI=1S/C29H31N5O3S/c35-29-27(25-18-24(12-13-26(25)33-29)38(36,37)31-19-20-6-7-20)28(21-4-2-1-3-5-21)32-22-8-10-23(11-9-22)34-16-14-30-15-17-34/h1-5,8-13,18,20,27,30-31H,6-7,14-17,19H2,(H,33,35). The summed E-state index contributed by atoms with van der Waals surface area (Å²) in [5.74, 6) is -0.538. The molecule has 1 saturated carbocycles. The van der Waals surface area contributed by atoms with E-state index < -0.39 is 15.9 Å². The highest BCUT2D eigenvalue weighted by Crippen LogP contribution is 2.38. The molecule has 3 N–H and O–H groups in total. The number of amides is 1. The smallest absolute Gasteiger partial charge is 0.240 e. The lowest BCUT2D eigenvalue weighted by Crippen LogP contribution is -2.43. The van der Waals surface area contributed by atoms with E-state index in [1.165, 1.54) is 0 Å². The Morgan fingerprint density at radius 2 is 1.71 bits per heavy atom. The van der Waals surface area contributed by atoms with E-state index in [0.29, 0.717) is 29.4 Å². The second-order valence-electron chi connectivity index (χ2n) is 10.1. The van der Waals surface area contributed by atoms with Crippen molar-refractivity contribution in [3.05, 3.63) is 83.9 Å². The van der Waals surface area contributed by atoms with Gasteiger partial charge in [0.25, 0.3) is 0 Å². The van der Waals surface area contributed by atoms with Crippen molar-refractivity contribution in [3.63, 3.8) is 0 Å². The van der Waals surface area contributed by atoms with Crippen molar-refractivity contribution in [1.29, 1.82) is 0 Å². The quantitative estimate of drug-likeness (QED) is 0.387. The predicted molar refractivity (Wildman–Crippen MR) is 150 cm³/mol. The highest BCUT2D eigenvalue weighted by Gasteiger charge is 2.36. The number of rotatable bonds is 8. The molecular formula is C29H31N5O3S. The highest BCUT2D eigenvalue weighted by atomic mass is 32.2. The van der Waals surface area contributed by atoms with E-state index in [-0.39, 0.29) is 10.8 Å². The Morgan fingerprint density at radius 3 is 2.42 bits per heavy atom. The summed E-state index contributed by atoms with van der Waals surface area (Å²) >= 11 is 0. The Balaban J connectivity index is 1.36. The van der Waals surface area contributed by atoms with Crippen LogP contribution in [0.15, 0.2) is 82.7 Å². The molecule has 3 aromatic rings. The Labute approximate surface area is 223 Å². The predicted octanol–water partition coefficient (Wildman–Crippen LogP) is 3.64. The maximum atomic E-state index is 13.3. The monoisotopic (exact) mass is 529 g/mol. The molecule has 6 rings (SSSR count). The van der Waals surface area contributed by atoms with Crippen LogP contribution >= 0.6 is 0 Å². The third-order valence-corrected chi connectivity index (χ3v) is 8.77. The molecule has 2 fully saturated rings. The number of benzene rings is 3. The first-order valence-corrected chi connectivity index (χ1v) is 14.6. The summed E-state index contributed by atoms with van der Waals surface area (Å²) in [6.07, 6.45) is 2.11. The van der Waals surface area contributed by atoms with Crippen molar-refractivity contribution in [3.8, 4) is 0 Å². The van der Waals surface area contributed by atoms with Crippen LogP contribution in [0.1, 0.15) is 29.9 Å². The average Bonchev–Trinajstić information content (AvgIpc) is 3.73. The van der Waals surface area contributed by atoms with Gasteiger partial charge in [0, 0.05) is 44.1 Å². The van der Waals surface area contributed by atoms with E-state index in [9.17, 15) is 13.2 Å². The number of aliphatic imine (C=N–C) groups is 1. The maximum absolute atomic E-state index is 13.3. The van der Waals surface area contributed by atoms with Gasteiger partial charge in [-0.15, -0.1) is 0 Å². The number of fused-ring (bicyclic) bond motifs is 1. The molecule has 3 aromatic carbocycles. The van der Waals surface area contributed by atoms with E-state index >= 15 is 0 Å². The van der Waals surface area contributed by atoms with Crippen molar-refractivity contribution in [2.75, 3.05) is 42.9 Å². The number of nitrogens with zero attached hydrogens (tertiary/aromatic N) is 2. The van der Waals surface area contributed by atoms with Gasteiger partial charge in [-0.1, -0.05) is 30.3 Å². The molecule has 1 saturated heterocycles. The molecule has 1 amide bonds. The van der Waals surface area contributed by atoms with Crippen molar-refractivity contribution >= 4 is 38.7 Å². The molecule has 3 aliphatic rings. The lowest BCUT2D eigenvalue weighted by atomic mass is 9.90. The van der Waals surface area contributed by atoms with E-state index in [2.05, 4.69) is 32.4 Å². The van der Waals surface area contributed by atoms with Gasteiger partial charge in [-0.25, -0.2) is 13.1 Å². The molecule has 2 heterocycles. The molecule has 1 atom stereocenters. The SMILES string of the molecule is O=C1Nc2ccc(S(=O)(=O)NCC3CC3)cc2C1C(=Nc1ccc(N2CCNCC2)cc1)c1ccccc1. The number of carbonyl (C=O) groups is 1. The fraction of sp³-hybridized carbons (Fsp3) is 0.310. The number of piperazine rings is 1. The highest BCUT2D eigenvalue weighted by molar-refractivity contribution is 7.89. The molecule has 2 aliphatic heterocycles. The summed E-state index contributed by atoms with van der Waals surface area (Å²) in [5.41, 5.74) is 4.50. The van der Waals surface area contributed by atoms with Gasteiger partial charge < -0.3 is 15.5 Å². The normalized spacial score (nSPS) is 19.8. The Hall–Kier alpha value is -3.53. The van der Waals surface area contributed by atoms with Crippen LogP contribution in [0.2, 0.25) is 0 Å². The van der Waals surface area contributed by atoms with Gasteiger partial charge in [-0.05, 0) is 72.4 Å². The van der Waals surface area contributed by atoms with Crippen molar-refractivity contribution in [2.45, 2.75) is 23.7 Å². The minimum absolute atomic E-state index is 0.159. The fourth-order valence-corrected chi connectivity index (χ4v) is 6.17. The molecule has 0 radical (unpaired) electrons. The number of hydrogen-bond donors (Lipinski definition) is 3. The van der Waals surface area contributed by atoms with Crippen LogP contribution in [0.25, 0.3) is 0 Å². The summed E-state index contributed by atoms with van der Waals surface area (Å²) in [4.78, 5) is 20.8. The lowest BCUT2D eigenvalue weighted by molar-refractivity contribution is -0.115. The Kier molecular flexibility index (Phi) is 6.73. The van der Waals surface area contributed by atoms with Crippen LogP contribution in [0.3, 0.4) is 0 Å². The minimum Gasteiger partial charge on any atom is -0.369 e. The van der Waals surface area contributed by atoms with Gasteiger partial charge in [0.05, 0.1) is 16.3 Å². The van der Waals surface area contributed by atoms with E-state index in [0.717, 1.165) is 56.0 Å². The van der Waals surface area contributed by atoms with Crippen LogP contribution in [0, 0.1) is 5.92 Å². The number of sulfonamides is 1. The van der Waals surface area contributed by atoms with Crippen LogP contribution in [0.5, 0.6) is 0 Å². The zero-order chi connectivity index (χ0) is 26.1. The zero-order valence-corrected chi connectivity index (χ0v) is 21.9. The second-order valence-corrected chi connectivity index (χ2v) is 11.9. The summed E-state index contributed by atoms with van der Waals surface area (Å²) in [6.45, 7) is 4.28. The molecule has 0 spiro atoms. The number of carbonyl (C=O) groups excluding carboxylic acids is 1. The summed E-state index contributed by atoms with van der Waals surface area (Å²) < 4.78 is 28.7. The van der Waals surface area contributed by atoms with E-state index in [4.69, 9.17) is 4.99 Å². The molecule has 38 heavy (non-hydrogen) atoms. The summed E-state index contributed by atoms with van der Waals surface area (Å²) in [6, 6.07) is 22.5. The Bertz CT molecular complexity index is 1460. The van der Waals surface area contributed by atoms with Gasteiger partial charge in [-0.2, -0.15) is 0 Å². The molecule has 9 heteroatoms. The Morgan fingerprint density at radius 1 is 0.974 bits per heavy atom. The van der Waals surface area contributed by atoms with Crippen molar-refractivity contribution < 1.29 is 13.2 Å². The molecule has 8 nitrogen and oxygen atoms in total. The van der Waals surface area contributed by atoms with Gasteiger partial charge >= 0.3 is 0 Å². The molecule has 1 unspecified atom stereocenters. The van der Waals surface area contributed by atoms with Crippen LogP contribution in [-0.2, 0) is 14.8 Å². The molecule has 0 aromatic heterocycles. The number of nitrogens with one attached hydrogen (secondary N) is 3. The topological polar surface area (TPSA) is 103 Å². The van der Waals surface area contributed by atoms with Crippen molar-refractivity contribution in [1.82, 2.24) is 10.0 Å². The number of anilines is 2. The minimum atomic E-state index is -3.68.